The second kappa shape index (κ2) is 3.94. The van der Waals surface area contributed by atoms with Gasteiger partial charge in [0.25, 0.3) is 0 Å². The minimum absolute atomic E-state index is 0.585. The van der Waals surface area contributed by atoms with Gasteiger partial charge in [0.05, 0.1) is 17.1 Å². The van der Waals surface area contributed by atoms with E-state index >= 15 is 0 Å². The third-order valence-corrected chi connectivity index (χ3v) is 2.80. The Hall–Kier alpha value is -1.49. The van der Waals surface area contributed by atoms with E-state index in [1.165, 1.54) is 11.3 Å². The van der Waals surface area contributed by atoms with Crippen LogP contribution in [0.1, 0.15) is 18.3 Å². The van der Waals surface area contributed by atoms with E-state index in [1.807, 2.05) is 18.4 Å². The molecule has 15 heavy (non-hydrogen) atoms. The van der Waals surface area contributed by atoms with Gasteiger partial charge in [-0.15, -0.1) is 11.3 Å². The Morgan fingerprint density at radius 1 is 1.40 bits per heavy atom. The largest absolute Gasteiger partial charge is 0.375 e. The number of aromatic nitrogens is 3. The van der Waals surface area contributed by atoms with Crippen molar-refractivity contribution in [1.29, 1.82) is 0 Å². The second-order valence-electron chi connectivity index (χ2n) is 3.27. The molecule has 0 saturated carbocycles. The van der Waals surface area contributed by atoms with Gasteiger partial charge in [0.15, 0.2) is 5.13 Å². The van der Waals surface area contributed by atoms with Gasteiger partial charge in [-0.1, -0.05) is 6.92 Å². The van der Waals surface area contributed by atoms with Crippen LogP contribution in [0.4, 0.5) is 5.13 Å². The minimum Gasteiger partial charge on any atom is -0.375 e. The molecule has 0 bridgehead atoms. The Balaban J connectivity index is 2.55. The fourth-order valence-corrected chi connectivity index (χ4v) is 1.97. The molecule has 0 atom stereocenters. The standard InChI is InChI=1S/C10H12N4S/c1-3-8-7(4-6(2)13-14-8)9-5-15-10(11)12-9/h4-5H,3H2,1-2H3,(H2,11,12). The van der Waals surface area contributed by atoms with Crippen LogP contribution < -0.4 is 5.73 Å². The molecule has 0 aliphatic rings. The Morgan fingerprint density at radius 3 is 2.80 bits per heavy atom. The van der Waals surface area contributed by atoms with Crippen molar-refractivity contribution in [2.24, 2.45) is 0 Å². The lowest BCUT2D eigenvalue weighted by Gasteiger charge is -2.03. The molecule has 0 aromatic carbocycles. The summed E-state index contributed by atoms with van der Waals surface area (Å²) in [5, 5.41) is 10.7. The molecule has 2 N–H and O–H groups in total. The number of nitrogens with zero attached hydrogens (tertiary/aromatic N) is 3. The Bertz CT molecular complexity index is 478. The molecule has 78 valence electrons. The van der Waals surface area contributed by atoms with Crippen molar-refractivity contribution in [1.82, 2.24) is 15.2 Å². The molecule has 0 amide bonds. The number of anilines is 1. The van der Waals surface area contributed by atoms with Crippen LogP contribution in [0.2, 0.25) is 0 Å². The summed E-state index contributed by atoms with van der Waals surface area (Å²) in [5.41, 5.74) is 9.41. The van der Waals surface area contributed by atoms with Crippen LogP contribution >= 0.6 is 11.3 Å². The summed E-state index contributed by atoms with van der Waals surface area (Å²) in [6, 6.07) is 2.00. The molecule has 0 unspecified atom stereocenters. The third-order valence-electron chi connectivity index (χ3n) is 2.13. The smallest absolute Gasteiger partial charge is 0.180 e. The van der Waals surface area contributed by atoms with Crippen molar-refractivity contribution in [2.45, 2.75) is 20.3 Å². The van der Waals surface area contributed by atoms with Gasteiger partial charge >= 0.3 is 0 Å². The van der Waals surface area contributed by atoms with E-state index in [0.717, 1.165) is 29.1 Å². The fraction of sp³-hybridized carbons (Fsp3) is 0.300. The molecule has 2 aromatic heterocycles. The van der Waals surface area contributed by atoms with Crippen molar-refractivity contribution < 1.29 is 0 Å². The molecule has 2 rings (SSSR count). The van der Waals surface area contributed by atoms with Gasteiger partial charge in [0.1, 0.15) is 0 Å². The van der Waals surface area contributed by atoms with Crippen molar-refractivity contribution in [2.75, 3.05) is 5.73 Å². The van der Waals surface area contributed by atoms with Crippen LogP contribution in [0.15, 0.2) is 11.4 Å². The Kier molecular flexibility index (Phi) is 2.64. The summed E-state index contributed by atoms with van der Waals surface area (Å²) in [6.07, 6.45) is 0.847. The van der Waals surface area contributed by atoms with Crippen LogP contribution in [0.3, 0.4) is 0 Å². The first-order valence-electron chi connectivity index (χ1n) is 4.75. The van der Waals surface area contributed by atoms with E-state index in [4.69, 9.17) is 5.73 Å². The molecule has 0 saturated heterocycles. The molecule has 2 heterocycles. The maximum Gasteiger partial charge on any atom is 0.180 e. The third kappa shape index (κ3) is 1.97. The van der Waals surface area contributed by atoms with E-state index < -0.39 is 0 Å². The monoisotopic (exact) mass is 220 g/mol. The number of hydrogen-bond donors (Lipinski definition) is 1. The maximum absolute atomic E-state index is 5.62. The number of aryl methyl sites for hydroxylation is 2. The van der Waals surface area contributed by atoms with Crippen molar-refractivity contribution in [3.05, 3.63) is 22.8 Å². The number of thiazole rings is 1. The van der Waals surface area contributed by atoms with E-state index in [9.17, 15) is 0 Å². The molecular formula is C10H12N4S. The van der Waals surface area contributed by atoms with Crippen LogP contribution in [-0.4, -0.2) is 15.2 Å². The predicted molar refractivity (Wildman–Crippen MR) is 61.7 cm³/mol. The molecule has 0 spiro atoms. The number of hydrogen-bond acceptors (Lipinski definition) is 5. The molecule has 0 radical (unpaired) electrons. The van der Waals surface area contributed by atoms with Gasteiger partial charge in [0.2, 0.25) is 0 Å². The van der Waals surface area contributed by atoms with E-state index in [2.05, 4.69) is 22.1 Å². The number of rotatable bonds is 2. The van der Waals surface area contributed by atoms with Crippen LogP contribution in [-0.2, 0) is 6.42 Å². The van der Waals surface area contributed by atoms with Crippen molar-refractivity contribution >= 4 is 16.5 Å². The SMILES string of the molecule is CCc1nnc(C)cc1-c1csc(N)n1. The molecule has 0 fully saturated rings. The summed E-state index contributed by atoms with van der Waals surface area (Å²) in [6.45, 7) is 3.98. The van der Waals surface area contributed by atoms with Gasteiger partial charge in [-0.05, 0) is 19.4 Å². The highest BCUT2D eigenvalue weighted by Gasteiger charge is 2.09. The topological polar surface area (TPSA) is 64.7 Å². The molecule has 2 aromatic rings. The van der Waals surface area contributed by atoms with Gasteiger partial charge in [-0.3, -0.25) is 0 Å². The van der Waals surface area contributed by atoms with Crippen molar-refractivity contribution in [3.63, 3.8) is 0 Å². The second-order valence-corrected chi connectivity index (χ2v) is 4.16. The maximum atomic E-state index is 5.62. The lowest BCUT2D eigenvalue weighted by Crippen LogP contribution is -1.97. The summed E-state index contributed by atoms with van der Waals surface area (Å²) in [4.78, 5) is 4.26. The first-order valence-corrected chi connectivity index (χ1v) is 5.63. The molecule has 0 aliphatic heterocycles. The van der Waals surface area contributed by atoms with E-state index in [0.29, 0.717) is 5.13 Å². The minimum atomic E-state index is 0.585. The average molecular weight is 220 g/mol. The van der Waals surface area contributed by atoms with E-state index in [1.54, 1.807) is 0 Å². The highest BCUT2D eigenvalue weighted by atomic mass is 32.1. The molecule has 0 aliphatic carbocycles. The van der Waals surface area contributed by atoms with Gasteiger partial charge in [-0.2, -0.15) is 10.2 Å². The summed E-state index contributed by atoms with van der Waals surface area (Å²) >= 11 is 1.44. The first kappa shape index (κ1) is 10.0. The van der Waals surface area contributed by atoms with Crippen molar-refractivity contribution in [3.8, 4) is 11.3 Å². The van der Waals surface area contributed by atoms with Crippen LogP contribution in [0.25, 0.3) is 11.3 Å². The van der Waals surface area contributed by atoms with Gasteiger partial charge in [0, 0.05) is 10.9 Å². The van der Waals surface area contributed by atoms with Crippen LogP contribution in [0.5, 0.6) is 0 Å². The lowest BCUT2D eigenvalue weighted by molar-refractivity contribution is 0.895. The van der Waals surface area contributed by atoms with E-state index in [-0.39, 0.29) is 0 Å². The normalized spacial score (nSPS) is 10.5. The highest BCUT2D eigenvalue weighted by Crippen LogP contribution is 2.25. The quantitative estimate of drug-likeness (QED) is 0.841. The van der Waals surface area contributed by atoms with Crippen LogP contribution in [0, 0.1) is 6.92 Å². The zero-order chi connectivity index (χ0) is 10.8. The highest BCUT2D eigenvalue weighted by molar-refractivity contribution is 7.13. The van der Waals surface area contributed by atoms with Gasteiger partial charge < -0.3 is 5.73 Å². The molecule has 4 nitrogen and oxygen atoms in total. The van der Waals surface area contributed by atoms with Gasteiger partial charge in [-0.25, -0.2) is 4.98 Å². The summed E-state index contributed by atoms with van der Waals surface area (Å²) in [5.74, 6) is 0. The Morgan fingerprint density at radius 2 is 2.20 bits per heavy atom. The summed E-state index contributed by atoms with van der Waals surface area (Å²) < 4.78 is 0. The molecule has 5 heteroatoms. The lowest BCUT2D eigenvalue weighted by atomic mass is 10.1. The fourth-order valence-electron chi connectivity index (χ4n) is 1.41. The summed E-state index contributed by atoms with van der Waals surface area (Å²) in [7, 11) is 0. The number of nitrogens with two attached hydrogens (primary N) is 1. The zero-order valence-electron chi connectivity index (χ0n) is 8.69. The Labute approximate surface area is 92.2 Å². The predicted octanol–water partition coefficient (Wildman–Crippen LogP) is 2.05. The average Bonchev–Trinajstić information content (AvgIpc) is 2.65. The zero-order valence-corrected chi connectivity index (χ0v) is 9.51. The first-order chi connectivity index (χ1) is 7.20. The molecular weight excluding hydrogens is 208 g/mol. The number of nitrogen functional groups attached to an aromatic ring is 1.